The van der Waals surface area contributed by atoms with E-state index in [0.717, 1.165) is 12.8 Å². The summed E-state index contributed by atoms with van der Waals surface area (Å²) in [4.78, 5) is 17.5. The number of hydrogen-bond donors (Lipinski definition) is 2. The van der Waals surface area contributed by atoms with Crippen molar-refractivity contribution in [2.75, 3.05) is 39.5 Å². The van der Waals surface area contributed by atoms with Crippen LogP contribution in [0.2, 0.25) is 0 Å². The average Bonchev–Trinajstić information content (AvgIpc) is 2.51. The summed E-state index contributed by atoms with van der Waals surface area (Å²) in [5, 5.41) is 6.36. The monoisotopic (exact) mass is 362 g/mol. The van der Waals surface area contributed by atoms with E-state index >= 15 is 0 Å². The lowest BCUT2D eigenvalue weighted by atomic mass is 10.1. The number of carbonyl (C=O) groups is 1. The SMILES string of the molecule is CCOC(=O)N1CCC(NC(=NC)NCC(C)(C)S(C)(=O)=O)CC1. The minimum Gasteiger partial charge on any atom is -0.450 e. The van der Waals surface area contributed by atoms with E-state index < -0.39 is 14.6 Å². The number of hydrogen-bond acceptors (Lipinski definition) is 5. The molecule has 0 radical (unpaired) electrons. The van der Waals surface area contributed by atoms with Gasteiger partial charge in [-0.05, 0) is 33.6 Å². The number of nitrogens with one attached hydrogen (secondary N) is 2. The van der Waals surface area contributed by atoms with Crippen molar-refractivity contribution in [3.63, 3.8) is 0 Å². The quantitative estimate of drug-likeness (QED) is 0.549. The zero-order valence-electron chi connectivity index (χ0n) is 15.3. The van der Waals surface area contributed by atoms with E-state index in [1.54, 1.807) is 32.7 Å². The van der Waals surface area contributed by atoms with Gasteiger partial charge >= 0.3 is 6.09 Å². The molecule has 0 spiro atoms. The topological polar surface area (TPSA) is 100 Å². The molecule has 0 aromatic heterocycles. The van der Waals surface area contributed by atoms with Gasteiger partial charge in [0.25, 0.3) is 0 Å². The summed E-state index contributed by atoms with van der Waals surface area (Å²) >= 11 is 0. The Balaban J connectivity index is 2.47. The van der Waals surface area contributed by atoms with Gasteiger partial charge in [-0.3, -0.25) is 4.99 Å². The van der Waals surface area contributed by atoms with Crippen LogP contribution in [0.1, 0.15) is 33.6 Å². The summed E-state index contributed by atoms with van der Waals surface area (Å²) in [5.41, 5.74) is 0. The van der Waals surface area contributed by atoms with Crippen LogP contribution in [-0.4, -0.2) is 75.7 Å². The molecule has 1 rings (SSSR count). The van der Waals surface area contributed by atoms with Crippen LogP contribution in [0.25, 0.3) is 0 Å². The highest BCUT2D eigenvalue weighted by molar-refractivity contribution is 7.92. The van der Waals surface area contributed by atoms with Crippen molar-refractivity contribution in [3.8, 4) is 0 Å². The predicted octanol–water partition coefficient (Wildman–Crippen LogP) is 0.596. The maximum atomic E-state index is 11.7. The Labute approximate surface area is 144 Å². The van der Waals surface area contributed by atoms with Crippen LogP contribution >= 0.6 is 0 Å². The summed E-state index contributed by atoms with van der Waals surface area (Å²) in [6, 6.07) is 0.184. The molecule has 140 valence electrons. The van der Waals surface area contributed by atoms with E-state index in [1.165, 1.54) is 6.26 Å². The van der Waals surface area contributed by atoms with E-state index in [1.807, 2.05) is 0 Å². The second-order valence-electron chi connectivity index (χ2n) is 6.56. The van der Waals surface area contributed by atoms with E-state index in [9.17, 15) is 13.2 Å². The molecule has 1 amide bonds. The molecule has 0 aromatic carbocycles. The smallest absolute Gasteiger partial charge is 0.409 e. The van der Waals surface area contributed by atoms with Crippen LogP contribution in [0, 0.1) is 0 Å². The molecule has 1 fully saturated rings. The fraction of sp³-hybridized carbons (Fsp3) is 0.867. The molecule has 2 N–H and O–H groups in total. The molecule has 1 saturated heterocycles. The molecule has 0 unspecified atom stereocenters. The average molecular weight is 362 g/mol. The van der Waals surface area contributed by atoms with Crippen LogP contribution in [-0.2, 0) is 14.6 Å². The molecule has 1 heterocycles. The standard InChI is InChI=1S/C15H30N4O4S/c1-6-23-14(20)19-9-7-12(8-10-19)18-13(16-4)17-11-15(2,3)24(5,21)22/h12H,6-11H2,1-5H3,(H2,16,17,18). The van der Waals surface area contributed by atoms with Crippen LogP contribution in [0.5, 0.6) is 0 Å². The van der Waals surface area contributed by atoms with Gasteiger partial charge in [0.05, 0.1) is 11.4 Å². The van der Waals surface area contributed by atoms with Gasteiger partial charge in [-0.1, -0.05) is 0 Å². The Morgan fingerprint density at radius 1 is 1.33 bits per heavy atom. The Morgan fingerprint density at radius 3 is 2.38 bits per heavy atom. The molecule has 1 aliphatic heterocycles. The Morgan fingerprint density at radius 2 is 1.92 bits per heavy atom. The minimum atomic E-state index is -3.16. The number of sulfone groups is 1. The van der Waals surface area contributed by atoms with Crippen LogP contribution in [0.15, 0.2) is 4.99 Å². The summed E-state index contributed by atoms with van der Waals surface area (Å²) in [6.45, 7) is 7.06. The van der Waals surface area contributed by atoms with Crippen molar-refractivity contribution in [2.24, 2.45) is 4.99 Å². The molecule has 0 saturated carbocycles. The lowest BCUT2D eigenvalue weighted by molar-refractivity contribution is 0.0963. The molecule has 9 heteroatoms. The molecule has 0 atom stereocenters. The first-order valence-electron chi connectivity index (χ1n) is 8.19. The first-order chi connectivity index (χ1) is 11.1. The lowest BCUT2D eigenvalue weighted by Gasteiger charge is -2.33. The normalized spacial score (nSPS) is 17.5. The summed E-state index contributed by atoms with van der Waals surface area (Å²) in [7, 11) is -1.52. The van der Waals surface area contributed by atoms with Crippen molar-refractivity contribution in [2.45, 2.75) is 44.4 Å². The zero-order valence-corrected chi connectivity index (χ0v) is 16.1. The van der Waals surface area contributed by atoms with Gasteiger partial charge in [0.15, 0.2) is 15.8 Å². The third-order valence-corrected chi connectivity index (χ3v) is 6.42. The lowest BCUT2D eigenvalue weighted by Crippen LogP contribution is -2.52. The number of guanidine groups is 1. The Hall–Kier alpha value is -1.51. The molecule has 0 aromatic rings. The van der Waals surface area contributed by atoms with E-state index in [0.29, 0.717) is 25.7 Å². The van der Waals surface area contributed by atoms with Crippen molar-refractivity contribution in [1.82, 2.24) is 15.5 Å². The summed E-state index contributed by atoms with van der Waals surface area (Å²) in [5.74, 6) is 0.571. The minimum absolute atomic E-state index is 0.184. The number of piperidine rings is 1. The zero-order chi connectivity index (χ0) is 18.4. The van der Waals surface area contributed by atoms with Crippen LogP contribution in [0.3, 0.4) is 0 Å². The van der Waals surface area contributed by atoms with Gasteiger partial charge in [-0.15, -0.1) is 0 Å². The molecule has 0 bridgehead atoms. The van der Waals surface area contributed by atoms with Gasteiger partial charge in [-0.2, -0.15) is 0 Å². The molecule has 8 nitrogen and oxygen atoms in total. The van der Waals surface area contributed by atoms with E-state index in [2.05, 4.69) is 15.6 Å². The fourth-order valence-corrected chi connectivity index (χ4v) is 2.57. The number of aliphatic imine (C=N–C) groups is 1. The third kappa shape index (κ3) is 5.85. The van der Waals surface area contributed by atoms with Gasteiger partial charge < -0.3 is 20.3 Å². The number of nitrogens with zero attached hydrogens (tertiary/aromatic N) is 2. The van der Waals surface area contributed by atoms with Crippen LogP contribution < -0.4 is 10.6 Å². The Kier molecular flexibility index (Phi) is 7.31. The maximum absolute atomic E-state index is 11.7. The van der Waals surface area contributed by atoms with Crippen LogP contribution in [0.4, 0.5) is 4.79 Å². The molecular weight excluding hydrogens is 332 g/mol. The maximum Gasteiger partial charge on any atom is 0.409 e. The highest BCUT2D eigenvalue weighted by Crippen LogP contribution is 2.14. The number of likely N-dealkylation sites (tertiary alicyclic amines) is 1. The van der Waals surface area contributed by atoms with Gasteiger partial charge in [0.1, 0.15) is 0 Å². The predicted molar refractivity (Wildman–Crippen MR) is 95.0 cm³/mol. The number of rotatable bonds is 5. The number of ether oxygens (including phenoxy) is 1. The van der Waals surface area contributed by atoms with Gasteiger partial charge in [-0.25, -0.2) is 13.2 Å². The molecule has 1 aliphatic rings. The second-order valence-corrected chi connectivity index (χ2v) is 9.21. The summed E-state index contributed by atoms with van der Waals surface area (Å²) in [6.07, 6.45) is 2.54. The highest BCUT2D eigenvalue weighted by atomic mass is 32.2. The van der Waals surface area contributed by atoms with Gasteiger partial charge in [0, 0.05) is 39.0 Å². The Bertz CT molecular complexity index is 552. The van der Waals surface area contributed by atoms with E-state index in [4.69, 9.17) is 4.74 Å². The van der Waals surface area contributed by atoms with Crippen molar-refractivity contribution >= 4 is 21.9 Å². The summed E-state index contributed by atoms with van der Waals surface area (Å²) < 4.78 is 27.6. The van der Waals surface area contributed by atoms with E-state index in [-0.39, 0.29) is 18.7 Å². The fourth-order valence-electron chi connectivity index (χ4n) is 2.24. The molecule has 24 heavy (non-hydrogen) atoms. The van der Waals surface area contributed by atoms with Crippen molar-refractivity contribution in [3.05, 3.63) is 0 Å². The second kappa shape index (κ2) is 8.55. The van der Waals surface area contributed by atoms with Crippen molar-refractivity contribution in [1.29, 1.82) is 0 Å². The number of carbonyl (C=O) groups excluding carboxylic acids is 1. The first-order valence-corrected chi connectivity index (χ1v) is 10.1. The molecule has 0 aliphatic carbocycles. The van der Waals surface area contributed by atoms with Crippen molar-refractivity contribution < 1.29 is 17.9 Å². The number of amides is 1. The highest BCUT2D eigenvalue weighted by Gasteiger charge is 2.30. The first kappa shape index (κ1) is 20.5. The molecular formula is C15H30N4O4S. The van der Waals surface area contributed by atoms with Gasteiger partial charge in [0.2, 0.25) is 0 Å². The third-order valence-electron chi connectivity index (χ3n) is 4.27. The largest absolute Gasteiger partial charge is 0.450 e.